The first-order valence-electron chi connectivity index (χ1n) is 8.58. The second-order valence-corrected chi connectivity index (χ2v) is 6.46. The van der Waals surface area contributed by atoms with Crippen molar-refractivity contribution in [2.75, 3.05) is 6.61 Å². The normalized spacial score (nSPS) is 11.2. The van der Waals surface area contributed by atoms with Gasteiger partial charge in [-0.15, -0.1) is 0 Å². The van der Waals surface area contributed by atoms with Crippen LogP contribution in [0.4, 0.5) is 0 Å². The first-order valence-corrected chi connectivity index (χ1v) is 8.96. The summed E-state index contributed by atoms with van der Waals surface area (Å²) in [5, 5.41) is 5.73. The van der Waals surface area contributed by atoms with Gasteiger partial charge in [0.1, 0.15) is 5.75 Å². The van der Waals surface area contributed by atoms with Gasteiger partial charge in [-0.3, -0.25) is 0 Å². The molecule has 0 saturated heterocycles. The van der Waals surface area contributed by atoms with E-state index in [4.69, 9.17) is 20.9 Å². The van der Waals surface area contributed by atoms with Gasteiger partial charge >= 0.3 is 0 Å². The van der Waals surface area contributed by atoms with Crippen molar-refractivity contribution in [3.63, 3.8) is 0 Å². The van der Waals surface area contributed by atoms with Crippen molar-refractivity contribution < 1.29 is 9.26 Å². The Kier molecular flexibility index (Phi) is 4.63. The first-order chi connectivity index (χ1) is 12.7. The lowest BCUT2D eigenvalue weighted by Crippen LogP contribution is -1.97. The molecule has 2 aromatic carbocycles. The van der Waals surface area contributed by atoms with E-state index in [1.807, 2.05) is 42.6 Å². The second-order valence-electron chi connectivity index (χ2n) is 6.05. The van der Waals surface area contributed by atoms with E-state index in [9.17, 15) is 0 Å². The highest BCUT2D eigenvalue weighted by atomic mass is 35.5. The molecule has 132 valence electrons. The third-order valence-electron chi connectivity index (χ3n) is 4.17. The van der Waals surface area contributed by atoms with Gasteiger partial charge in [-0.05, 0) is 48.9 Å². The minimum atomic E-state index is 0.427. The number of H-pyrrole nitrogens is 1. The smallest absolute Gasteiger partial charge is 0.258 e. The Morgan fingerprint density at radius 1 is 1.12 bits per heavy atom. The number of rotatable bonds is 6. The maximum atomic E-state index is 6.32. The van der Waals surface area contributed by atoms with Crippen molar-refractivity contribution in [3.8, 4) is 28.6 Å². The molecule has 0 atom stereocenters. The molecule has 26 heavy (non-hydrogen) atoms. The molecule has 0 aliphatic rings. The van der Waals surface area contributed by atoms with E-state index in [1.165, 1.54) is 0 Å². The molecule has 0 unspecified atom stereocenters. The van der Waals surface area contributed by atoms with Gasteiger partial charge in [0, 0.05) is 28.2 Å². The molecule has 4 aromatic rings. The number of benzene rings is 2. The highest BCUT2D eigenvalue weighted by Crippen LogP contribution is 2.31. The zero-order valence-corrected chi connectivity index (χ0v) is 15.1. The van der Waals surface area contributed by atoms with Crippen molar-refractivity contribution in [2.24, 2.45) is 0 Å². The number of aromatic amines is 1. The van der Waals surface area contributed by atoms with Crippen LogP contribution in [0, 0.1) is 0 Å². The summed E-state index contributed by atoms with van der Waals surface area (Å²) in [6.45, 7) is 2.77. The van der Waals surface area contributed by atoms with Crippen molar-refractivity contribution in [1.82, 2.24) is 15.1 Å². The van der Waals surface area contributed by atoms with Crippen molar-refractivity contribution in [1.29, 1.82) is 0 Å². The lowest BCUT2D eigenvalue weighted by atomic mass is 10.1. The minimum absolute atomic E-state index is 0.427. The Labute approximate surface area is 155 Å². The van der Waals surface area contributed by atoms with Crippen LogP contribution in [0.25, 0.3) is 33.7 Å². The molecular formula is C20H18ClN3O2. The highest BCUT2D eigenvalue weighted by Gasteiger charge is 2.13. The summed E-state index contributed by atoms with van der Waals surface area (Å²) in [6, 6.07) is 13.5. The fraction of sp³-hybridized carbons (Fsp3) is 0.200. The molecule has 5 nitrogen and oxygen atoms in total. The zero-order chi connectivity index (χ0) is 17.9. The second kappa shape index (κ2) is 7.22. The molecule has 0 aliphatic carbocycles. The Morgan fingerprint density at radius 2 is 2.00 bits per heavy atom. The average Bonchev–Trinajstić information content (AvgIpc) is 3.32. The van der Waals surface area contributed by atoms with E-state index in [2.05, 4.69) is 22.0 Å². The maximum absolute atomic E-state index is 6.32. The van der Waals surface area contributed by atoms with E-state index >= 15 is 0 Å². The molecule has 0 spiro atoms. The van der Waals surface area contributed by atoms with Crippen LogP contribution in [0.2, 0.25) is 5.02 Å². The summed E-state index contributed by atoms with van der Waals surface area (Å²) in [5.74, 6) is 1.64. The predicted molar refractivity (Wildman–Crippen MR) is 102 cm³/mol. The van der Waals surface area contributed by atoms with Gasteiger partial charge < -0.3 is 14.2 Å². The molecule has 2 aromatic heterocycles. The maximum Gasteiger partial charge on any atom is 0.258 e. The van der Waals surface area contributed by atoms with Gasteiger partial charge in [0.15, 0.2) is 0 Å². The topological polar surface area (TPSA) is 63.9 Å². The number of nitrogens with zero attached hydrogens (tertiary/aromatic N) is 2. The molecule has 0 amide bonds. The fourth-order valence-electron chi connectivity index (χ4n) is 2.73. The molecule has 1 N–H and O–H groups in total. The van der Waals surface area contributed by atoms with E-state index in [0.29, 0.717) is 29.1 Å². The number of nitrogens with one attached hydrogen (secondary N) is 1. The monoisotopic (exact) mass is 367 g/mol. The molecule has 6 heteroatoms. The molecule has 0 bridgehead atoms. The van der Waals surface area contributed by atoms with E-state index in [1.54, 1.807) is 6.07 Å². The Bertz CT molecular complexity index is 1040. The van der Waals surface area contributed by atoms with E-state index < -0.39 is 0 Å². The molecule has 4 rings (SSSR count). The number of halogens is 1. The number of fused-ring (bicyclic) bond motifs is 1. The number of aromatic nitrogens is 3. The summed E-state index contributed by atoms with van der Waals surface area (Å²) >= 11 is 6.32. The molecule has 0 aliphatic heterocycles. The minimum Gasteiger partial charge on any atom is -0.492 e. The summed E-state index contributed by atoms with van der Waals surface area (Å²) < 4.78 is 11.1. The van der Waals surface area contributed by atoms with Crippen molar-refractivity contribution in [3.05, 3.63) is 53.7 Å². The zero-order valence-electron chi connectivity index (χ0n) is 14.3. The predicted octanol–water partition coefficient (Wildman–Crippen LogP) is 5.72. The van der Waals surface area contributed by atoms with Crippen molar-refractivity contribution >= 4 is 22.5 Å². The summed E-state index contributed by atoms with van der Waals surface area (Å²) in [4.78, 5) is 7.67. The number of unbranched alkanes of at least 4 members (excludes halogenated alkanes) is 1. The first kappa shape index (κ1) is 16.7. The van der Waals surface area contributed by atoms with Crippen LogP contribution in [0.3, 0.4) is 0 Å². The molecular weight excluding hydrogens is 350 g/mol. The molecule has 0 saturated carbocycles. The van der Waals surface area contributed by atoms with Crippen molar-refractivity contribution in [2.45, 2.75) is 19.8 Å². The molecule has 2 heterocycles. The number of hydrogen-bond donors (Lipinski definition) is 1. The Balaban J connectivity index is 1.58. The van der Waals surface area contributed by atoms with Gasteiger partial charge in [0.05, 0.1) is 11.6 Å². The lowest BCUT2D eigenvalue weighted by molar-refractivity contribution is 0.309. The Hall–Kier alpha value is -2.79. The summed E-state index contributed by atoms with van der Waals surface area (Å²) in [6.07, 6.45) is 3.98. The molecule has 0 radical (unpaired) electrons. The van der Waals surface area contributed by atoms with Gasteiger partial charge in [-0.25, -0.2) is 0 Å². The summed E-state index contributed by atoms with van der Waals surface area (Å²) in [7, 11) is 0. The number of hydrogen-bond acceptors (Lipinski definition) is 4. The van der Waals surface area contributed by atoms with Crippen LogP contribution in [0.15, 0.2) is 53.2 Å². The van der Waals surface area contributed by atoms with Crippen LogP contribution in [0.5, 0.6) is 5.75 Å². The standard InChI is InChI=1S/C20H18ClN3O2/c1-2-3-10-25-18-7-5-15(12-16(18)21)20-23-19(24-26-20)14-4-6-17-13(11-14)8-9-22-17/h4-9,11-12,22H,2-3,10H2,1H3. The quantitative estimate of drug-likeness (QED) is 0.443. The third-order valence-corrected chi connectivity index (χ3v) is 4.47. The van der Waals surface area contributed by atoms with Crippen LogP contribution >= 0.6 is 11.6 Å². The van der Waals surface area contributed by atoms with Crippen LogP contribution in [-0.2, 0) is 0 Å². The van der Waals surface area contributed by atoms with Gasteiger partial charge in [-0.2, -0.15) is 4.98 Å². The average molecular weight is 368 g/mol. The lowest BCUT2D eigenvalue weighted by Gasteiger charge is -2.07. The van der Waals surface area contributed by atoms with E-state index in [-0.39, 0.29) is 0 Å². The highest BCUT2D eigenvalue weighted by molar-refractivity contribution is 6.32. The number of ether oxygens (including phenoxy) is 1. The largest absolute Gasteiger partial charge is 0.492 e. The van der Waals surface area contributed by atoms with Gasteiger partial charge in [0.2, 0.25) is 5.82 Å². The van der Waals surface area contributed by atoms with Crippen LogP contribution < -0.4 is 4.74 Å². The Morgan fingerprint density at radius 3 is 2.85 bits per heavy atom. The van der Waals surface area contributed by atoms with Crippen LogP contribution in [0.1, 0.15) is 19.8 Å². The molecule has 0 fully saturated rings. The van der Waals surface area contributed by atoms with Gasteiger partial charge in [-0.1, -0.05) is 30.1 Å². The van der Waals surface area contributed by atoms with Crippen LogP contribution in [-0.4, -0.2) is 21.7 Å². The third kappa shape index (κ3) is 3.30. The van der Waals surface area contributed by atoms with Gasteiger partial charge in [0.25, 0.3) is 5.89 Å². The van der Waals surface area contributed by atoms with E-state index in [0.717, 1.165) is 34.9 Å². The SMILES string of the molecule is CCCCOc1ccc(-c2nc(-c3ccc4[nH]ccc4c3)no2)cc1Cl. The summed E-state index contributed by atoms with van der Waals surface area (Å²) in [5.41, 5.74) is 2.74. The fourth-order valence-corrected chi connectivity index (χ4v) is 2.96.